The number of hydrogen-bond donors (Lipinski definition) is 0. The zero-order valence-corrected chi connectivity index (χ0v) is 30.9. The topological polar surface area (TPSA) is 43.6 Å². The van der Waals surface area contributed by atoms with Gasteiger partial charge in [0, 0.05) is 49.5 Å². The fraction of sp³-hybridized carbons (Fsp3) is 0. The molecule has 0 fully saturated rings. The molecule has 3 heterocycles. The SMILES string of the molecule is c1ccc(-c2ccc(-c3cc(-c4ccccc4)nc(-c4ccc5c(c4)nc(-c4ccccc4)c4cc6c(cc45)c4ccccc4n6-c4ccccc4)n3)cc2)cc1. The van der Waals surface area contributed by atoms with Crippen LogP contribution in [0.5, 0.6) is 0 Å². The van der Waals surface area contributed by atoms with Gasteiger partial charge in [0.05, 0.1) is 33.6 Å². The highest BCUT2D eigenvalue weighted by molar-refractivity contribution is 6.20. The fourth-order valence-corrected chi connectivity index (χ4v) is 8.22. The molecule has 0 spiro atoms. The van der Waals surface area contributed by atoms with E-state index < -0.39 is 0 Å². The van der Waals surface area contributed by atoms with Gasteiger partial charge in [0.25, 0.3) is 0 Å². The molecule has 57 heavy (non-hydrogen) atoms. The number of para-hydroxylation sites is 2. The third-order valence-corrected chi connectivity index (χ3v) is 11.0. The van der Waals surface area contributed by atoms with Crippen molar-refractivity contribution >= 4 is 43.5 Å². The van der Waals surface area contributed by atoms with Crippen LogP contribution in [0.1, 0.15) is 0 Å². The van der Waals surface area contributed by atoms with E-state index >= 15 is 0 Å². The highest BCUT2D eigenvalue weighted by Gasteiger charge is 2.19. The van der Waals surface area contributed by atoms with Crippen LogP contribution in [0.15, 0.2) is 206 Å². The van der Waals surface area contributed by atoms with E-state index in [1.807, 2.05) is 12.1 Å². The van der Waals surface area contributed by atoms with Crippen LogP contribution in [0.4, 0.5) is 0 Å². The van der Waals surface area contributed by atoms with Gasteiger partial charge in [-0.3, -0.25) is 0 Å². The van der Waals surface area contributed by atoms with Crippen molar-refractivity contribution in [1.29, 1.82) is 0 Å². The number of pyridine rings is 1. The maximum absolute atomic E-state index is 5.46. The Morgan fingerprint density at radius 3 is 1.54 bits per heavy atom. The molecule has 0 aliphatic rings. The fourth-order valence-electron chi connectivity index (χ4n) is 8.22. The first kappa shape index (κ1) is 32.7. The summed E-state index contributed by atoms with van der Waals surface area (Å²) >= 11 is 0. The van der Waals surface area contributed by atoms with E-state index in [0.717, 1.165) is 72.2 Å². The van der Waals surface area contributed by atoms with E-state index in [0.29, 0.717) is 5.82 Å². The van der Waals surface area contributed by atoms with Crippen LogP contribution >= 0.6 is 0 Å². The Hall–Kier alpha value is -7.69. The standard InChI is InChI=1S/C53H34N4/c1-5-15-35(16-6-1)36-25-27-38(28-26-36)48-34-47(37-17-7-2-8-18-37)55-53(56-48)40-29-30-42-44-32-45-43-23-13-14-24-50(43)57(41-21-11-4-12-22-41)51(45)33-46(44)52(54-49(42)31-40)39-19-9-3-10-20-39/h1-34H. The molecule has 0 saturated heterocycles. The van der Waals surface area contributed by atoms with Crippen molar-refractivity contribution in [3.8, 4) is 62.0 Å². The van der Waals surface area contributed by atoms with Crippen LogP contribution in [-0.2, 0) is 0 Å². The molecule has 11 aromatic rings. The van der Waals surface area contributed by atoms with Crippen molar-refractivity contribution in [3.63, 3.8) is 0 Å². The van der Waals surface area contributed by atoms with Gasteiger partial charge in [-0.05, 0) is 59.0 Å². The first-order valence-corrected chi connectivity index (χ1v) is 19.3. The van der Waals surface area contributed by atoms with Crippen molar-refractivity contribution in [2.24, 2.45) is 0 Å². The molecule has 0 radical (unpaired) electrons. The molecule has 4 heteroatoms. The summed E-state index contributed by atoms with van der Waals surface area (Å²) in [6.07, 6.45) is 0. The summed E-state index contributed by atoms with van der Waals surface area (Å²) in [6, 6.07) is 72.6. The molecule has 0 unspecified atom stereocenters. The smallest absolute Gasteiger partial charge is 0.160 e. The Morgan fingerprint density at radius 1 is 0.298 bits per heavy atom. The summed E-state index contributed by atoms with van der Waals surface area (Å²) in [5.41, 5.74) is 13.4. The molecular weight excluding hydrogens is 693 g/mol. The Labute approximate surface area is 330 Å². The minimum Gasteiger partial charge on any atom is -0.309 e. The second-order valence-electron chi connectivity index (χ2n) is 14.4. The van der Waals surface area contributed by atoms with Gasteiger partial charge in [-0.1, -0.05) is 164 Å². The largest absolute Gasteiger partial charge is 0.309 e. The van der Waals surface area contributed by atoms with Crippen LogP contribution in [0.2, 0.25) is 0 Å². The second-order valence-corrected chi connectivity index (χ2v) is 14.4. The number of fused-ring (bicyclic) bond motifs is 6. The number of benzene rings is 8. The van der Waals surface area contributed by atoms with Crippen molar-refractivity contribution in [2.45, 2.75) is 0 Å². The lowest BCUT2D eigenvalue weighted by atomic mass is 9.97. The first-order valence-electron chi connectivity index (χ1n) is 19.3. The molecule has 0 bridgehead atoms. The molecule has 0 aliphatic carbocycles. The lowest BCUT2D eigenvalue weighted by molar-refractivity contribution is 1.18. The minimum atomic E-state index is 0.657. The second kappa shape index (κ2) is 13.6. The first-order chi connectivity index (χ1) is 28.2. The molecular formula is C53H34N4. The number of hydrogen-bond acceptors (Lipinski definition) is 3. The lowest BCUT2D eigenvalue weighted by Gasteiger charge is -2.14. The summed E-state index contributed by atoms with van der Waals surface area (Å²) in [6.45, 7) is 0. The normalized spacial score (nSPS) is 11.5. The zero-order valence-electron chi connectivity index (χ0n) is 30.9. The Morgan fingerprint density at radius 2 is 0.842 bits per heavy atom. The summed E-state index contributed by atoms with van der Waals surface area (Å²) in [7, 11) is 0. The van der Waals surface area contributed by atoms with E-state index in [1.54, 1.807) is 0 Å². The third kappa shape index (κ3) is 5.74. The highest BCUT2D eigenvalue weighted by atomic mass is 15.0. The monoisotopic (exact) mass is 726 g/mol. The zero-order chi connectivity index (χ0) is 37.7. The van der Waals surface area contributed by atoms with Crippen LogP contribution in [0.25, 0.3) is 105 Å². The van der Waals surface area contributed by atoms with Gasteiger partial charge in [0.2, 0.25) is 0 Å². The average molecular weight is 727 g/mol. The summed E-state index contributed by atoms with van der Waals surface area (Å²) in [5.74, 6) is 0.657. The van der Waals surface area contributed by atoms with Crippen molar-refractivity contribution in [2.75, 3.05) is 0 Å². The van der Waals surface area contributed by atoms with Gasteiger partial charge in [0.1, 0.15) is 0 Å². The van der Waals surface area contributed by atoms with E-state index in [4.69, 9.17) is 15.0 Å². The van der Waals surface area contributed by atoms with E-state index in [1.165, 1.54) is 27.4 Å². The van der Waals surface area contributed by atoms with Gasteiger partial charge >= 0.3 is 0 Å². The van der Waals surface area contributed by atoms with E-state index in [9.17, 15) is 0 Å². The molecule has 11 rings (SSSR count). The Kier molecular flexibility index (Phi) is 7.78. The van der Waals surface area contributed by atoms with Crippen molar-refractivity contribution in [3.05, 3.63) is 206 Å². The Bertz CT molecular complexity index is 3250. The predicted molar refractivity (Wildman–Crippen MR) is 236 cm³/mol. The van der Waals surface area contributed by atoms with E-state index in [2.05, 4.69) is 199 Å². The molecule has 0 N–H and O–H groups in total. The van der Waals surface area contributed by atoms with Gasteiger partial charge in [-0.2, -0.15) is 0 Å². The van der Waals surface area contributed by atoms with Gasteiger partial charge in [-0.15, -0.1) is 0 Å². The van der Waals surface area contributed by atoms with Gasteiger partial charge in [-0.25, -0.2) is 15.0 Å². The van der Waals surface area contributed by atoms with Gasteiger partial charge in [0.15, 0.2) is 5.82 Å². The molecule has 3 aromatic heterocycles. The van der Waals surface area contributed by atoms with Crippen molar-refractivity contribution < 1.29 is 0 Å². The summed E-state index contributed by atoms with van der Waals surface area (Å²) in [5, 5.41) is 5.78. The Balaban J connectivity index is 1.13. The van der Waals surface area contributed by atoms with Crippen LogP contribution in [0.3, 0.4) is 0 Å². The molecule has 266 valence electrons. The maximum atomic E-state index is 5.46. The van der Waals surface area contributed by atoms with Crippen LogP contribution in [-0.4, -0.2) is 19.5 Å². The van der Waals surface area contributed by atoms with Crippen LogP contribution in [0, 0.1) is 0 Å². The number of nitrogens with zero attached hydrogens (tertiary/aromatic N) is 4. The van der Waals surface area contributed by atoms with Crippen LogP contribution < -0.4 is 0 Å². The van der Waals surface area contributed by atoms with Gasteiger partial charge < -0.3 is 4.57 Å². The summed E-state index contributed by atoms with van der Waals surface area (Å²) < 4.78 is 2.37. The third-order valence-electron chi connectivity index (χ3n) is 11.0. The molecule has 0 saturated carbocycles. The molecule has 8 aromatic carbocycles. The summed E-state index contributed by atoms with van der Waals surface area (Å²) in [4.78, 5) is 15.9. The highest BCUT2D eigenvalue weighted by Crippen LogP contribution is 2.41. The predicted octanol–water partition coefficient (Wildman–Crippen LogP) is 13.6. The van der Waals surface area contributed by atoms with E-state index in [-0.39, 0.29) is 0 Å². The average Bonchev–Trinajstić information content (AvgIpc) is 3.62. The number of aromatic nitrogens is 4. The minimum absolute atomic E-state index is 0.657. The molecule has 0 atom stereocenters. The number of rotatable bonds is 6. The van der Waals surface area contributed by atoms with Crippen molar-refractivity contribution in [1.82, 2.24) is 19.5 Å². The molecule has 4 nitrogen and oxygen atoms in total. The quantitative estimate of drug-likeness (QED) is 0.160. The maximum Gasteiger partial charge on any atom is 0.160 e. The molecule has 0 amide bonds. The molecule has 0 aliphatic heterocycles. The lowest BCUT2D eigenvalue weighted by Crippen LogP contribution is -1.97.